The molecule has 1 aliphatic heterocycles. The summed E-state index contributed by atoms with van der Waals surface area (Å²) in [6.45, 7) is 3.38. The zero-order valence-electron chi connectivity index (χ0n) is 21.9. The third kappa shape index (κ3) is 6.24. The number of nitrogens with one attached hydrogen (secondary N) is 1. The van der Waals surface area contributed by atoms with Crippen LogP contribution in [0.15, 0.2) is 77.7 Å². The number of ether oxygens (including phenoxy) is 4. The van der Waals surface area contributed by atoms with Crippen LogP contribution >= 0.6 is 0 Å². The number of aromatic nitrogens is 2. The zero-order valence-corrected chi connectivity index (χ0v) is 21.9. The molecule has 1 aromatic heterocycles. The average Bonchev–Trinajstić information content (AvgIpc) is 3.17. The topological polar surface area (TPSA) is 152 Å². The SMILES string of the molecule is CC(=O)O[C@H]1[C@H](n2ccc(NC(=O)c3ccccc3)nc2=O)O[C@H](COC(=O)c2ccccc2)[C@]1(C)OC(C)=O. The summed E-state index contributed by atoms with van der Waals surface area (Å²) in [5, 5.41) is 2.54. The second-order valence-corrected chi connectivity index (χ2v) is 9.11. The lowest BCUT2D eigenvalue weighted by atomic mass is 9.94. The van der Waals surface area contributed by atoms with Gasteiger partial charge in [-0.15, -0.1) is 0 Å². The molecule has 1 amide bonds. The van der Waals surface area contributed by atoms with Crippen LogP contribution in [0.2, 0.25) is 0 Å². The van der Waals surface area contributed by atoms with Crippen molar-refractivity contribution in [3.63, 3.8) is 0 Å². The van der Waals surface area contributed by atoms with Crippen molar-refractivity contribution in [2.45, 2.75) is 44.8 Å². The summed E-state index contributed by atoms with van der Waals surface area (Å²) in [5.41, 5.74) is -1.84. The quantitative estimate of drug-likeness (QED) is 0.328. The predicted molar refractivity (Wildman–Crippen MR) is 139 cm³/mol. The van der Waals surface area contributed by atoms with Crippen LogP contribution in [0.3, 0.4) is 0 Å². The Bertz CT molecular complexity index is 1460. The average molecular weight is 550 g/mol. The summed E-state index contributed by atoms with van der Waals surface area (Å²) in [5.74, 6) is -2.59. The first-order valence-corrected chi connectivity index (χ1v) is 12.3. The maximum atomic E-state index is 13.1. The fourth-order valence-electron chi connectivity index (χ4n) is 4.31. The van der Waals surface area contributed by atoms with Gasteiger partial charge in [0.2, 0.25) is 0 Å². The smallest absolute Gasteiger partial charge is 0.351 e. The molecule has 1 N–H and O–H groups in total. The molecule has 2 aromatic carbocycles. The Morgan fingerprint density at radius 3 is 2.15 bits per heavy atom. The van der Waals surface area contributed by atoms with E-state index in [0.29, 0.717) is 5.56 Å². The molecule has 3 aromatic rings. The minimum atomic E-state index is -1.65. The van der Waals surface area contributed by atoms with Crippen LogP contribution in [0.25, 0.3) is 0 Å². The summed E-state index contributed by atoms with van der Waals surface area (Å²) >= 11 is 0. The third-order valence-corrected chi connectivity index (χ3v) is 6.18. The molecule has 1 aliphatic rings. The maximum absolute atomic E-state index is 13.1. The van der Waals surface area contributed by atoms with Gasteiger partial charge in [-0.3, -0.25) is 19.0 Å². The van der Waals surface area contributed by atoms with E-state index in [1.54, 1.807) is 60.7 Å². The van der Waals surface area contributed by atoms with Crippen molar-refractivity contribution < 1.29 is 38.1 Å². The van der Waals surface area contributed by atoms with Gasteiger partial charge in [-0.05, 0) is 37.3 Å². The highest BCUT2D eigenvalue weighted by atomic mass is 16.7. The number of anilines is 1. The van der Waals surface area contributed by atoms with Crippen molar-refractivity contribution in [2.75, 3.05) is 11.9 Å². The highest BCUT2D eigenvalue weighted by Gasteiger charge is 2.60. The lowest BCUT2D eigenvalue weighted by Crippen LogP contribution is -2.52. The van der Waals surface area contributed by atoms with Gasteiger partial charge in [-0.2, -0.15) is 4.98 Å². The molecule has 0 radical (unpaired) electrons. The minimum Gasteiger partial charge on any atom is -0.459 e. The standard InChI is InChI=1S/C28H27N3O9/c1-17(32)38-23-25(31-15-14-22(30-27(31)36)29-24(34)19-10-6-4-7-11-19)39-21(28(23,3)40-18(2)33)16-37-26(35)20-12-8-5-9-13-20/h4-15,21,23,25H,16H2,1-3H3,(H,29,30,34,36)/t21-,23+,25-,28+/m1/s1. The van der Waals surface area contributed by atoms with Crippen molar-refractivity contribution in [2.24, 2.45) is 0 Å². The normalized spacial score (nSPS) is 21.7. The van der Waals surface area contributed by atoms with Crippen LogP contribution < -0.4 is 11.0 Å². The van der Waals surface area contributed by atoms with Crippen LogP contribution in [0.5, 0.6) is 0 Å². The molecule has 1 saturated heterocycles. The van der Waals surface area contributed by atoms with Crippen molar-refractivity contribution in [1.82, 2.24) is 9.55 Å². The van der Waals surface area contributed by atoms with Crippen LogP contribution in [-0.2, 0) is 28.5 Å². The van der Waals surface area contributed by atoms with Gasteiger partial charge in [0.25, 0.3) is 5.91 Å². The van der Waals surface area contributed by atoms with Crippen molar-refractivity contribution >= 4 is 29.6 Å². The van der Waals surface area contributed by atoms with Gasteiger partial charge in [-0.1, -0.05) is 36.4 Å². The first-order chi connectivity index (χ1) is 19.1. The number of rotatable bonds is 8. The first-order valence-electron chi connectivity index (χ1n) is 12.3. The molecule has 0 bridgehead atoms. The Morgan fingerprint density at radius 2 is 1.57 bits per heavy atom. The van der Waals surface area contributed by atoms with Crippen molar-refractivity contribution in [1.29, 1.82) is 0 Å². The molecule has 0 unspecified atom stereocenters. The molecule has 208 valence electrons. The highest BCUT2D eigenvalue weighted by molar-refractivity contribution is 6.03. The third-order valence-electron chi connectivity index (χ3n) is 6.18. The van der Waals surface area contributed by atoms with E-state index < -0.39 is 53.5 Å². The molecule has 40 heavy (non-hydrogen) atoms. The second-order valence-electron chi connectivity index (χ2n) is 9.11. The van der Waals surface area contributed by atoms with Crippen molar-refractivity contribution in [3.8, 4) is 0 Å². The summed E-state index contributed by atoms with van der Waals surface area (Å²) < 4.78 is 23.5. The molecule has 2 heterocycles. The van der Waals surface area contributed by atoms with E-state index in [4.69, 9.17) is 18.9 Å². The van der Waals surface area contributed by atoms with Gasteiger partial charge in [0, 0.05) is 25.6 Å². The zero-order chi connectivity index (χ0) is 28.9. The lowest BCUT2D eigenvalue weighted by molar-refractivity contribution is -0.182. The van der Waals surface area contributed by atoms with Gasteiger partial charge in [0.05, 0.1) is 5.56 Å². The van der Waals surface area contributed by atoms with Crippen LogP contribution in [-0.4, -0.2) is 57.8 Å². The number of esters is 3. The van der Waals surface area contributed by atoms with Crippen LogP contribution in [0.1, 0.15) is 47.7 Å². The largest absolute Gasteiger partial charge is 0.459 e. The Balaban J connectivity index is 1.61. The van der Waals surface area contributed by atoms with Gasteiger partial charge in [-0.25, -0.2) is 9.59 Å². The van der Waals surface area contributed by atoms with E-state index in [0.717, 1.165) is 18.4 Å². The van der Waals surface area contributed by atoms with Gasteiger partial charge >= 0.3 is 23.6 Å². The van der Waals surface area contributed by atoms with E-state index in [1.807, 2.05) is 0 Å². The molecule has 0 saturated carbocycles. The van der Waals surface area contributed by atoms with E-state index >= 15 is 0 Å². The van der Waals surface area contributed by atoms with Gasteiger partial charge in [0.15, 0.2) is 17.9 Å². The number of nitrogens with zero attached hydrogens (tertiary/aromatic N) is 2. The molecule has 0 spiro atoms. The number of carbonyl (C=O) groups is 4. The Kier molecular flexibility index (Phi) is 8.39. The Hall–Kier alpha value is -4.84. The summed E-state index contributed by atoms with van der Waals surface area (Å²) in [4.78, 5) is 66.1. The second kappa shape index (κ2) is 11.9. The van der Waals surface area contributed by atoms with E-state index in [9.17, 15) is 24.0 Å². The molecular formula is C28H27N3O9. The molecule has 12 nitrogen and oxygen atoms in total. The fourth-order valence-corrected chi connectivity index (χ4v) is 4.31. The molecule has 4 rings (SSSR count). The highest BCUT2D eigenvalue weighted by Crippen LogP contribution is 2.41. The van der Waals surface area contributed by atoms with Gasteiger partial charge < -0.3 is 24.3 Å². The number of amides is 1. The number of hydrogen-bond donors (Lipinski definition) is 1. The Morgan fingerprint density at radius 1 is 0.950 bits per heavy atom. The fraction of sp³-hybridized carbons (Fsp3) is 0.286. The van der Waals surface area contributed by atoms with E-state index in [1.165, 1.54) is 19.2 Å². The van der Waals surface area contributed by atoms with Crippen LogP contribution in [0, 0.1) is 0 Å². The Labute approximate surface area is 228 Å². The molecule has 0 aliphatic carbocycles. The molecule has 4 atom stereocenters. The summed E-state index contributed by atoms with van der Waals surface area (Å²) in [7, 11) is 0. The van der Waals surface area contributed by atoms with Crippen molar-refractivity contribution in [3.05, 3.63) is 94.5 Å². The summed E-state index contributed by atoms with van der Waals surface area (Å²) in [6, 6.07) is 17.9. The number of benzene rings is 2. The maximum Gasteiger partial charge on any atom is 0.351 e. The van der Waals surface area contributed by atoms with Crippen LogP contribution in [0.4, 0.5) is 5.82 Å². The molecular weight excluding hydrogens is 522 g/mol. The minimum absolute atomic E-state index is 0.0202. The van der Waals surface area contributed by atoms with E-state index in [-0.39, 0.29) is 18.0 Å². The van der Waals surface area contributed by atoms with E-state index in [2.05, 4.69) is 10.3 Å². The molecule has 12 heteroatoms. The number of carbonyl (C=O) groups excluding carboxylic acids is 4. The van der Waals surface area contributed by atoms with Gasteiger partial charge in [0.1, 0.15) is 18.5 Å². The molecule has 1 fully saturated rings. The lowest BCUT2D eigenvalue weighted by Gasteiger charge is -2.33. The summed E-state index contributed by atoms with van der Waals surface area (Å²) in [6.07, 6.45) is -2.47. The monoisotopic (exact) mass is 549 g/mol. The number of hydrogen-bond acceptors (Lipinski definition) is 10. The first kappa shape index (κ1) is 28.2. The predicted octanol–water partition coefficient (Wildman–Crippen LogP) is 2.50.